The minimum atomic E-state index is -1.47. The highest BCUT2D eigenvalue weighted by atomic mass is 16.4. The van der Waals surface area contributed by atoms with Gasteiger partial charge in [-0.1, -0.05) is 46.2 Å². The maximum atomic E-state index is 13.1. The number of phenols is 1. The molecule has 6 unspecified atom stereocenters. The first-order valence-corrected chi connectivity index (χ1v) is 12.1. The van der Waals surface area contributed by atoms with Crippen LogP contribution in [0.15, 0.2) is 24.3 Å². The molecule has 0 heterocycles. The number of hydrogen-bond donors (Lipinski definition) is 7. The second kappa shape index (κ2) is 14.4. The number of carbonyl (C=O) groups excluding carboxylic acids is 3. The number of aromatic hydroxyl groups is 1. The molecular weight excluding hydrogens is 468 g/mol. The fraction of sp³-hybridized carbons (Fsp3) is 0.600. The number of nitrogens with two attached hydrogens (primary N) is 1. The molecule has 202 valence electrons. The second-order valence-corrected chi connectivity index (χ2v) is 9.60. The Kier molecular flexibility index (Phi) is 12.3. The lowest BCUT2D eigenvalue weighted by molar-refractivity contribution is -0.143. The van der Waals surface area contributed by atoms with E-state index in [1.165, 1.54) is 31.2 Å². The van der Waals surface area contributed by atoms with E-state index >= 15 is 0 Å². The molecule has 1 aromatic rings. The first-order chi connectivity index (χ1) is 16.8. The van der Waals surface area contributed by atoms with Gasteiger partial charge in [0, 0.05) is 6.42 Å². The summed E-state index contributed by atoms with van der Waals surface area (Å²) in [5.74, 6) is -3.51. The highest BCUT2D eigenvalue weighted by molar-refractivity contribution is 5.94. The van der Waals surface area contributed by atoms with Gasteiger partial charge in [0.25, 0.3) is 0 Å². The topological polar surface area (TPSA) is 191 Å². The zero-order valence-corrected chi connectivity index (χ0v) is 21.5. The molecule has 8 N–H and O–H groups in total. The van der Waals surface area contributed by atoms with Crippen molar-refractivity contribution < 1.29 is 34.5 Å². The van der Waals surface area contributed by atoms with Crippen molar-refractivity contribution in [2.24, 2.45) is 17.6 Å². The number of carbonyl (C=O) groups is 4. The van der Waals surface area contributed by atoms with Crippen LogP contribution in [0.5, 0.6) is 5.75 Å². The molecule has 3 amide bonds. The lowest BCUT2D eigenvalue weighted by atomic mass is 9.96. The summed E-state index contributed by atoms with van der Waals surface area (Å²) in [6.45, 7) is 8.72. The Hall–Kier alpha value is -3.18. The number of phenolic OH excluding ortho intramolecular Hbond substituents is 1. The summed E-state index contributed by atoms with van der Waals surface area (Å²) in [5.41, 5.74) is 6.49. The molecule has 11 nitrogen and oxygen atoms in total. The summed E-state index contributed by atoms with van der Waals surface area (Å²) < 4.78 is 0. The van der Waals surface area contributed by atoms with Crippen molar-refractivity contribution in [3.63, 3.8) is 0 Å². The Labute approximate surface area is 211 Å². The Morgan fingerprint density at radius 3 is 1.89 bits per heavy atom. The van der Waals surface area contributed by atoms with Gasteiger partial charge in [0.2, 0.25) is 17.7 Å². The lowest BCUT2D eigenvalue weighted by Crippen LogP contribution is -2.61. The number of benzene rings is 1. The van der Waals surface area contributed by atoms with Gasteiger partial charge < -0.3 is 37.0 Å². The van der Waals surface area contributed by atoms with Crippen molar-refractivity contribution in [3.8, 4) is 5.75 Å². The van der Waals surface area contributed by atoms with Crippen molar-refractivity contribution in [1.82, 2.24) is 16.0 Å². The fourth-order valence-electron chi connectivity index (χ4n) is 3.55. The molecule has 0 spiro atoms. The smallest absolute Gasteiger partial charge is 0.326 e. The molecule has 0 aliphatic rings. The SMILES string of the molecule is CCC(C)C(NC(=O)C(N)CC(C)C)C(=O)NC(C(=O)NC(Cc1ccc(O)cc1)C(=O)O)C(C)O. The van der Waals surface area contributed by atoms with Crippen LogP contribution >= 0.6 is 0 Å². The molecule has 0 aliphatic carbocycles. The number of amides is 3. The molecular formula is C25H40N4O7. The van der Waals surface area contributed by atoms with Gasteiger partial charge in [0.05, 0.1) is 12.1 Å². The number of carboxylic acid groups (broad SMARTS) is 1. The van der Waals surface area contributed by atoms with Crippen molar-refractivity contribution in [2.45, 2.75) is 84.2 Å². The van der Waals surface area contributed by atoms with Crippen molar-refractivity contribution in [1.29, 1.82) is 0 Å². The van der Waals surface area contributed by atoms with Crippen molar-refractivity contribution >= 4 is 23.7 Å². The van der Waals surface area contributed by atoms with Crippen LogP contribution in [0.1, 0.15) is 53.0 Å². The van der Waals surface area contributed by atoms with Crippen LogP contribution in [0.4, 0.5) is 0 Å². The second-order valence-electron chi connectivity index (χ2n) is 9.60. The third-order valence-corrected chi connectivity index (χ3v) is 5.91. The molecule has 0 radical (unpaired) electrons. The molecule has 0 saturated carbocycles. The van der Waals surface area contributed by atoms with Crippen LogP contribution in [0.25, 0.3) is 0 Å². The van der Waals surface area contributed by atoms with E-state index in [9.17, 15) is 34.5 Å². The summed E-state index contributed by atoms with van der Waals surface area (Å²) in [6.07, 6.45) is -0.469. The van der Waals surface area contributed by atoms with Crippen LogP contribution in [-0.4, -0.2) is 69.3 Å². The van der Waals surface area contributed by atoms with Crippen LogP contribution in [0, 0.1) is 11.8 Å². The third kappa shape index (κ3) is 9.82. The Morgan fingerprint density at radius 1 is 0.889 bits per heavy atom. The summed E-state index contributed by atoms with van der Waals surface area (Å²) in [6, 6.07) is 1.20. The summed E-state index contributed by atoms with van der Waals surface area (Å²) in [4.78, 5) is 50.3. The summed E-state index contributed by atoms with van der Waals surface area (Å²) >= 11 is 0. The average molecular weight is 509 g/mol. The average Bonchev–Trinajstić information content (AvgIpc) is 2.80. The van der Waals surface area contributed by atoms with E-state index in [2.05, 4.69) is 16.0 Å². The molecule has 0 bridgehead atoms. The van der Waals surface area contributed by atoms with E-state index in [-0.39, 0.29) is 24.0 Å². The third-order valence-electron chi connectivity index (χ3n) is 5.91. The Morgan fingerprint density at radius 2 is 1.42 bits per heavy atom. The minimum absolute atomic E-state index is 0.0136. The van der Waals surface area contributed by atoms with Gasteiger partial charge in [0.15, 0.2) is 0 Å². The molecule has 0 aromatic heterocycles. The number of aliphatic hydroxyl groups excluding tert-OH is 1. The molecule has 11 heteroatoms. The number of rotatable bonds is 14. The van der Waals surface area contributed by atoms with Gasteiger partial charge in [-0.15, -0.1) is 0 Å². The van der Waals surface area contributed by atoms with E-state index in [1.807, 2.05) is 20.8 Å². The molecule has 1 rings (SSSR count). The molecule has 1 aromatic carbocycles. The van der Waals surface area contributed by atoms with Gasteiger partial charge in [-0.2, -0.15) is 0 Å². The lowest BCUT2D eigenvalue weighted by Gasteiger charge is -2.29. The number of aliphatic hydroxyl groups is 1. The Balaban J connectivity index is 2.99. The van der Waals surface area contributed by atoms with Crippen LogP contribution in [0.3, 0.4) is 0 Å². The summed E-state index contributed by atoms with van der Waals surface area (Å²) in [5, 5.41) is 36.6. The first kappa shape index (κ1) is 30.9. The maximum Gasteiger partial charge on any atom is 0.326 e. The molecule has 0 fully saturated rings. The highest BCUT2D eigenvalue weighted by Crippen LogP contribution is 2.13. The van der Waals surface area contributed by atoms with Gasteiger partial charge in [0.1, 0.15) is 23.9 Å². The molecule has 6 atom stereocenters. The van der Waals surface area contributed by atoms with Gasteiger partial charge in [-0.3, -0.25) is 14.4 Å². The highest BCUT2D eigenvalue weighted by Gasteiger charge is 2.34. The molecule has 36 heavy (non-hydrogen) atoms. The van der Waals surface area contributed by atoms with Gasteiger partial charge in [-0.05, 0) is 42.9 Å². The van der Waals surface area contributed by atoms with Crippen molar-refractivity contribution in [3.05, 3.63) is 29.8 Å². The quantitative estimate of drug-likeness (QED) is 0.186. The number of aliphatic carboxylic acids is 1. The maximum absolute atomic E-state index is 13.1. The monoisotopic (exact) mass is 508 g/mol. The van der Waals surface area contributed by atoms with Gasteiger partial charge in [-0.25, -0.2) is 4.79 Å². The molecule has 0 aliphatic heterocycles. The zero-order chi connectivity index (χ0) is 27.6. The first-order valence-electron chi connectivity index (χ1n) is 12.1. The largest absolute Gasteiger partial charge is 0.508 e. The zero-order valence-electron chi connectivity index (χ0n) is 21.5. The number of nitrogens with one attached hydrogen (secondary N) is 3. The summed E-state index contributed by atoms with van der Waals surface area (Å²) in [7, 11) is 0. The normalized spacial score (nSPS) is 16.2. The van der Waals surface area contributed by atoms with Crippen LogP contribution in [-0.2, 0) is 25.6 Å². The van der Waals surface area contributed by atoms with E-state index in [4.69, 9.17) is 5.73 Å². The number of hydrogen-bond acceptors (Lipinski definition) is 7. The number of carboxylic acids is 1. The van der Waals surface area contributed by atoms with Crippen LogP contribution < -0.4 is 21.7 Å². The van der Waals surface area contributed by atoms with E-state index in [0.717, 1.165) is 0 Å². The van der Waals surface area contributed by atoms with E-state index in [1.54, 1.807) is 6.92 Å². The predicted octanol–water partition coefficient (Wildman–Crippen LogP) is 0.274. The minimum Gasteiger partial charge on any atom is -0.508 e. The predicted molar refractivity (Wildman–Crippen MR) is 134 cm³/mol. The van der Waals surface area contributed by atoms with Crippen molar-refractivity contribution in [2.75, 3.05) is 0 Å². The standard InChI is InChI=1S/C25H40N4O7/c1-6-14(4)20(28-22(32)18(26)11-13(2)3)23(33)29-21(15(5)30)24(34)27-19(25(35)36)12-16-7-9-17(31)10-8-16/h7-10,13-15,18-21,30-31H,6,11-12,26H2,1-5H3,(H,27,34)(H,28,32)(H,29,33)(H,35,36). The molecule has 0 saturated heterocycles. The van der Waals surface area contributed by atoms with Crippen LogP contribution in [0.2, 0.25) is 0 Å². The fourth-order valence-corrected chi connectivity index (χ4v) is 3.55. The van der Waals surface area contributed by atoms with E-state index < -0.39 is 54.0 Å². The van der Waals surface area contributed by atoms with Gasteiger partial charge >= 0.3 is 5.97 Å². The Bertz CT molecular complexity index is 889. The van der Waals surface area contributed by atoms with E-state index in [0.29, 0.717) is 18.4 Å².